The van der Waals surface area contributed by atoms with Crippen LogP contribution in [0.15, 0.2) is 53.8 Å². The number of imide groups is 1. The summed E-state index contributed by atoms with van der Waals surface area (Å²) in [7, 11) is 1.51. The molecule has 0 spiro atoms. The molecule has 11 atom stereocenters. The number of unbranched alkanes of at least 4 members (excludes halogenated alkanes) is 4. The molecule has 3 amide bonds. The van der Waals surface area contributed by atoms with Crippen molar-refractivity contribution in [2.75, 3.05) is 13.7 Å². The molecule has 1 aromatic rings. The van der Waals surface area contributed by atoms with Gasteiger partial charge < -0.3 is 56.0 Å². The van der Waals surface area contributed by atoms with Crippen LogP contribution >= 0.6 is 0 Å². The van der Waals surface area contributed by atoms with E-state index in [2.05, 4.69) is 12.2 Å². The van der Waals surface area contributed by atoms with Crippen LogP contribution in [0.3, 0.4) is 0 Å². The number of aliphatic hydroxyl groups excluding tert-OH is 9. The normalized spacial score (nSPS) is 19.7. The first-order chi connectivity index (χ1) is 28.5. The van der Waals surface area contributed by atoms with Crippen LogP contribution in [-0.2, 0) is 25.5 Å². The van der Waals surface area contributed by atoms with E-state index in [0.29, 0.717) is 30.9 Å². The van der Waals surface area contributed by atoms with E-state index in [4.69, 9.17) is 4.74 Å². The Hall–Kier alpha value is -3.25. The molecule has 1 unspecified atom stereocenters. The Kier molecular flexibility index (Phi) is 25.7. The third-order valence-electron chi connectivity index (χ3n) is 11.0. The van der Waals surface area contributed by atoms with E-state index < -0.39 is 61.0 Å². The second-order valence-corrected chi connectivity index (χ2v) is 16.9. The molecular weight excluding hydrogens is 776 g/mol. The van der Waals surface area contributed by atoms with E-state index in [1.807, 2.05) is 37.3 Å². The van der Waals surface area contributed by atoms with Gasteiger partial charge >= 0.3 is 0 Å². The first-order valence-electron chi connectivity index (χ1n) is 21.6. The topological polar surface area (TPSA) is 258 Å². The fourth-order valence-corrected chi connectivity index (χ4v) is 8.02. The number of methoxy groups -OCH3 is 1. The van der Waals surface area contributed by atoms with Crippen molar-refractivity contribution in [3.63, 3.8) is 0 Å². The zero-order valence-corrected chi connectivity index (χ0v) is 35.8. The lowest BCUT2D eigenvalue weighted by molar-refractivity contribution is -0.139. The molecule has 2 rings (SSSR count). The first-order valence-corrected chi connectivity index (χ1v) is 21.6. The number of allylic oxidation sites excluding steroid dienone is 1. The van der Waals surface area contributed by atoms with Crippen LogP contribution in [0.2, 0.25) is 0 Å². The van der Waals surface area contributed by atoms with Crippen molar-refractivity contribution in [3.8, 4) is 0 Å². The number of hydrogen-bond acceptors (Lipinski definition) is 13. The Morgan fingerprint density at radius 1 is 0.700 bits per heavy atom. The maximum Gasteiger partial charge on any atom is 0.257 e. The molecule has 1 heterocycles. The number of amides is 3. The summed E-state index contributed by atoms with van der Waals surface area (Å²) in [5.74, 6) is 0.128. The van der Waals surface area contributed by atoms with Gasteiger partial charge in [0, 0.05) is 31.5 Å². The molecule has 60 heavy (non-hydrogen) atoms. The van der Waals surface area contributed by atoms with Crippen LogP contribution in [0.1, 0.15) is 122 Å². The van der Waals surface area contributed by atoms with Crippen molar-refractivity contribution >= 4 is 18.2 Å². The van der Waals surface area contributed by atoms with Gasteiger partial charge in [0.2, 0.25) is 6.41 Å². The summed E-state index contributed by atoms with van der Waals surface area (Å²) in [6.07, 6.45) is 0.810. The van der Waals surface area contributed by atoms with E-state index in [1.165, 1.54) is 18.1 Å². The highest BCUT2D eigenvalue weighted by atomic mass is 16.5. The summed E-state index contributed by atoms with van der Waals surface area (Å²) in [5, 5.41) is 94.4. The summed E-state index contributed by atoms with van der Waals surface area (Å²) in [6, 6.07) is 9.21. The van der Waals surface area contributed by atoms with Gasteiger partial charge in [0.25, 0.3) is 11.8 Å². The molecule has 15 heteroatoms. The highest BCUT2D eigenvalue weighted by molar-refractivity contribution is 6.08. The largest absolute Gasteiger partial charge is 0.499 e. The van der Waals surface area contributed by atoms with Crippen molar-refractivity contribution in [2.24, 2.45) is 5.92 Å². The maximum absolute atomic E-state index is 13.3. The van der Waals surface area contributed by atoms with Crippen LogP contribution < -0.4 is 5.32 Å². The lowest BCUT2D eigenvalue weighted by atomic mass is 9.94. The minimum atomic E-state index is -1.13. The smallest absolute Gasteiger partial charge is 0.257 e. The lowest BCUT2D eigenvalue weighted by Crippen LogP contribution is -2.41. The van der Waals surface area contributed by atoms with Gasteiger partial charge in [-0.3, -0.25) is 19.3 Å². The zero-order chi connectivity index (χ0) is 44.6. The van der Waals surface area contributed by atoms with Gasteiger partial charge in [-0.2, -0.15) is 0 Å². The summed E-state index contributed by atoms with van der Waals surface area (Å²) < 4.78 is 5.44. The van der Waals surface area contributed by atoms with Gasteiger partial charge in [0.15, 0.2) is 0 Å². The molecule has 342 valence electrons. The van der Waals surface area contributed by atoms with Gasteiger partial charge in [0.05, 0.1) is 62.0 Å². The van der Waals surface area contributed by atoms with Crippen LogP contribution in [0.4, 0.5) is 0 Å². The third kappa shape index (κ3) is 22.0. The van der Waals surface area contributed by atoms with Gasteiger partial charge in [-0.15, -0.1) is 0 Å². The Morgan fingerprint density at radius 2 is 1.15 bits per heavy atom. The molecule has 10 N–H and O–H groups in total. The Labute approximate surface area is 355 Å². The molecule has 1 aliphatic heterocycles. The monoisotopic (exact) mass is 851 g/mol. The van der Waals surface area contributed by atoms with E-state index >= 15 is 0 Å². The summed E-state index contributed by atoms with van der Waals surface area (Å²) in [4.78, 5) is 37.6. The molecule has 0 bridgehead atoms. The summed E-state index contributed by atoms with van der Waals surface area (Å²) >= 11 is 0. The fourth-order valence-electron chi connectivity index (χ4n) is 8.02. The molecule has 1 aliphatic rings. The molecule has 0 fully saturated rings. The van der Waals surface area contributed by atoms with Crippen LogP contribution in [0.5, 0.6) is 0 Å². The number of aliphatic hydroxyl groups is 9. The Bertz CT molecular complexity index is 1430. The van der Waals surface area contributed by atoms with E-state index in [0.717, 1.165) is 56.1 Å². The van der Waals surface area contributed by atoms with Gasteiger partial charge in [-0.25, -0.2) is 0 Å². The standard InChI is InChI=1S/C45H74N2O13/c1-30(16-31(2)17-44(58)47-42(43(60-3)27-45(47)59)18-32-13-9-7-10-14-32)12-8-5-4-6-11-15-33(49)19-34(50)20-35(51)21-36(52)22-37(53)23-38(54)24-39(55)25-40(56)26-41(57)28-46-29-48/h7,9-10,13-14,17,27,29-30,33-42,49-57H,4-6,8,11-12,15-16,18-26,28H2,1-3H3,(H,46,48)/b31-17-/t30?,33-,34+,35+,36+,37+,38+,39+,40+,41-,42-/m0/s1. The number of nitrogens with one attached hydrogen (secondary N) is 1. The number of hydrogen-bond donors (Lipinski definition) is 10. The number of benzene rings is 1. The van der Waals surface area contributed by atoms with Gasteiger partial charge in [-0.05, 0) is 76.2 Å². The van der Waals surface area contributed by atoms with Crippen LogP contribution in [0.25, 0.3) is 0 Å². The highest BCUT2D eigenvalue weighted by Gasteiger charge is 2.37. The van der Waals surface area contributed by atoms with Gasteiger partial charge in [-0.1, -0.05) is 81.4 Å². The molecule has 0 radical (unpaired) electrons. The van der Waals surface area contributed by atoms with E-state index in [1.54, 1.807) is 6.08 Å². The number of nitrogens with zero attached hydrogens (tertiary/aromatic N) is 1. The van der Waals surface area contributed by atoms with Crippen molar-refractivity contribution in [2.45, 2.75) is 184 Å². The van der Waals surface area contributed by atoms with E-state index in [9.17, 15) is 60.3 Å². The van der Waals surface area contributed by atoms with E-state index in [-0.39, 0.29) is 69.7 Å². The number of carbonyl (C=O) groups excluding carboxylic acids is 3. The zero-order valence-electron chi connectivity index (χ0n) is 35.8. The molecule has 15 nitrogen and oxygen atoms in total. The quantitative estimate of drug-likeness (QED) is 0.0277. The summed E-state index contributed by atoms with van der Waals surface area (Å²) in [5.41, 5.74) is 1.92. The molecular formula is C45H74N2O13. The molecule has 0 aliphatic carbocycles. The van der Waals surface area contributed by atoms with Crippen LogP contribution in [-0.4, -0.2) is 144 Å². The Balaban J connectivity index is 1.57. The fraction of sp³-hybridized carbons (Fsp3) is 0.711. The van der Waals surface area contributed by atoms with Crippen LogP contribution in [0, 0.1) is 5.92 Å². The summed E-state index contributed by atoms with van der Waals surface area (Å²) in [6.45, 7) is 4.03. The Morgan fingerprint density at radius 3 is 1.63 bits per heavy atom. The predicted octanol–water partition coefficient (Wildman–Crippen LogP) is 2.31. The molecule has 0 saturated heterocycles. The van der Waals surface area contributed by atoms with Crippen molar-refractivity contribution < 1.29 is 65.1 Å². The average Bonchev–Trinajstić information content (AvgIpc) is 3.47. The third-order valence-corrected chi connectivity index (χ3v) is 11.0. The van der Waals surface area contributed by atoms with Crippen molar-refractivity contribution in [3.05, 3.63) is 59.4 Å². The highest BCUT2D eigenvalue weighted by Crippen LogP contribution is 2.26. The predicted molar refractivity (Wildman–Crippen MR) is 226 cm³/mol. The average molecular weight is 851 g/mol. The second kappa shape index (κ2) is 29.1. The molecule has 1 aromatic carbocycles. The molecule has 0 saturated carbocycles. The number of ether oxygens (including phenoxy) is 1. The maximum atomic E-state index is 13.3. The van der Waals surface area contributed by atoms with Gasteiger partial charge in [0.1, 0.15) is 11.8 Å². The number of carbonyl (C=O) groups is 3. The minimum absolute atomic E-state index is 0.0426. The van der Waals surface area contributed by atoms with Crippen molar-refractivity contribution in [1.29, 1.82) is 0 Å². The van der Waals surface area contributed by atoms with Crippen molar-refractivity contribution in [1.82, 2.24) is 10.2 Å². The SMILES string of the molecule is COC1=CC(=O)N(C(=O)/C=C(/C)CC(C)CCCCCCC[C@H](O)C[C@@H](O)C[C@@H](O)C[C@@H](O)C[C@@H](O)C[C@@H](O)C[C@@H](O)C[C@@H](O)C[C@H](O)CNC=O)[C@H]1Cc1ccccc1. The lowest BCUT2D eigenvalue weighted by Gasteiger charge is -2.24. The first kappa shape index (κ1) is 52.9. The minimum Gasteiger partial charge on any atom is -0.499 e. The molecule has 0 aromatic heterocycles. The second-order valence-electron chi connectivity index (χ2n) is 16.9. The number of rotatable bonds is 33.